The highest BCUT2D eigenvalue weighted by Crippen LogP contribution is 2.17. The highest BCUT2D eigenvalue weighted by Gasteiger charge is 2.07. The fourth-order valence-corrected chi connectivity index (χ4v) is 2.52. The Morgan fingerprint density at radius 1 is 1.04 bits per heavy atom. The second-order valence-electron chi connectivity index (χ2n) is 5.93. The van der Waals surface area contributed by atoms with Gasteiger partial charge in [-0.05, 0) is 12.5 Å². The van der Waals surface area contributed by atoms with Crippen molar-refractivity contribution >= 4 is 17.3 Å². The van der Waals surface area contributed by atoms with Crippen LogP contribution in [0.5, 0.6) is 0 Å². The number of anilines is 1. The van der Waals surface area contributed by atoms with Gasteiger partial charge in [0.05, 0.1) is 4.92 Å². The van der Waals surface area contributed by atoms with Crippen LogP contribution in [-0.2, 0) is 4.79 Å². The number of hydrogen-bond acceptors (Lipinski definition) is 3. The molecular weight excluding hydrogens is 292 g/mol. The van der Waals surface area contributed by atoms with Crippen molar-refractivity contribution in [1.29, 1.82) is 0 Å². The van der Waals surface area contributed by atoms with Crippen molar-refractivity contribution in [3.63, 3.8) is 0 Å². The first-order chi connectivity index (χ1) is 11.1. The van der Waals surface area contributed by atoms with Crippen LogP contribution in [0.2, 0.25) is 0 Å². The van der Waals surface area contributed by atoms with E-state index in [1.807, 2.05) is 0 Å². The zero-order valence-electron chi connectivity index (χ0n) is 14.1. The molecule has 0 aromatic heterocycles. The summed E-state index contributed by atoms with van der Waals surface area (Å²) in [6, 6.07) is 6.04. The molecule has 0 radical (unpaired) electrons. The molecule has 0 saturated carbocycles. The second kappa shape index (κ2) is 11.6. The average Bonchev–Trinajstić information content (AvgIpc) is 2.53. The molecule has 5 nitrogen and oxygen atoms in total. The zero-order chi connectivity index (χ0) is 16.9. The third-order valence-electron chi connectivity index (χ3n) is 3.85. The number of nitrogens with one attached hydrogen (secondary N) is 1. The van der Waals surface area contributed by atoms with Gasteiger partial charge in [-0.25, -0.2) is 0 Å². The molecule has 1 aromatic carbocycles. The lowest BCUT2D eigenvalue weighted by atomic mass is 10.1. The molecule has 5 heteroatoms. The van der Waals surface area contributed by atoms with E-state index in [1.54, 1.807) is 12.1 Å². The Kier molecular flexibility index (Phi) is 9.68. The van der Waals surface area contributed by atoms with E-state index in [1.165, 1.54) is 57.1 Å². The lowest BCUT2D eigenvalue weighted by Crippen LogP contribution is -2.11. The van der Waals surface area contributed by atoms with Crippen molar-refractivity contribution in [2.45, 2.75) is 71.1 Å². The summed E-state index contributed by atoms with van der Waals surface area (Å²) in [6.07, 6.45) is 11.4. The number of hydrogen-bond donors (Lipinski definition) is 1. The minimum Gasteiger partial charge on any atom is -0.326 e. The van der Waals surface area contributed by atoms with Crippen LogP contribution >= 0.6 is 0 Å². The highest BCUT2D eigenvalue weighted by molar-refractivity contribution is 5.90. The van der Waals surface area contributed by atoms with Crippen LogP contribution in [0.15, 0.2) is 24.3 Å². The molecule has 0 aliphatic heterocycles. The summed E-state index contributed by atoms with van der Waals surface area (Å²) in [5.41, 5.74) is 0.478. The second-order valence-corrected chi connectivity index (χ2v) is 5.93. The van der Waals surface area contributed by atoms with E-state index in [9.17, 15) is 14.9 Å². The van der Waals surface area contributed by atoms with Gasteiger partial charge in [0, 0.05) is 24.2 Å². The molecule has 1 N–H and O–H groups in total. The first kappa shape index (κ1) is 19.1. The normalized spacial score (nSPS) is 10.5. The number of nitrogens with zero attached hydrogens (tertiary/aromatic N) is 1. The minimum atomic E-state index is -0.462. The third-order valence-corrected chi connectivity index (χ3v) is 3.85. The van der Waals surface area contributed by atoms with Crippen LogP contribution in [0.4, 0.5) is 11.4 Å². The van der Waals surface area contributed by atoms with Crippen molar-refractivity contribution in [3.05, 3.63) is 34.4 Å². The van der Waals surface area contributed by atoms with E-state index < -0.39 is 4.92 Å². The summed E-state index contributed by atoms with van der Waals surface area (Å²) >= 11 is 0. The summed E-state index contributed by atoms with van der Waals surface area (Å²) in [7, 11) is 0. The molecule has 0 atom stereocenters. The SMILES string of the molecule is CCCCCCCCCCCC(=O)Nc1cccc([N+](=O)[O-])c1. The lowest BCUT2D eigenvalue weighted by Gasteiger charge is -2.05. The van der Waals surface area contributed by atoms with Gasteiger partial charge in [-0.2, -0.15) is 0 Å². The Bertz CT molecular complexity index is 489. The van der Waals surface area contributed by atoms with Crippen molar-refractivity contribution < 1.29 is 9.72 Å². The van der Waals surface area contributed by atoms with Gasteiger partial charge in [-0.1, -0.05) is 64.4 Å². The van der Waals surface area contributed by atoms with Crippen LogP contribution in [-0.4, -0.2) is 10.8 Å². The summed E-state index contributed by atoms with van der Waals surface area (Å²) in [5, 5.41) is 13.4. The first-order valence-corrected chi connectivity index (χ1v) is 8.67. The van der Waals surface area contributed by atoms with E-state index in [0.29, 0.717) is 12.1 Å². The fraction of sp³-hybridized carbons (Fsp3) is 0.611. The molecule has 0 spiro atoms. The maximum atomic E-state index is 11.8. The van der Waals surface area contributed by atoms with Gasteiger partial charge in [0.2, 0.25) is 5.91 Å². The van der Waals surface area contributed by atoms with E-state index in [-0.39, 0.29) is 11.6 Å². The van der Waals surface area contributed by atoms with E-state index >= 15 is 0 Å². The van der Waals surface area contributed by atoms with Crippen molar-refractivity contribution in [2.75, 3.05) is 5.32 Å². The Morgan fingerprint density at radius 3 is 2.26 bits per heavy atom. The van der Waals surface area contributed by atoms with Gasteiger partial charge in [-0.3, -0.25) is 14.9 Å². The van der Waals surface area contributed by atoms with Crippen LogP contribution in [0.3, 0.4) is 0 Å². The first-order valence-electron chi connectivity index (χ1n) is 8.67. The van der Waals surface area contributed by atoms with Gasteiger partial charge < -0.3 is 5.32 Å². The third kappa shape index (κ3) is 8.96. The minimum absolute atomic E-state index is 0.00845. The molecule has 23 heavy (non-hydrogen) atoms. The number of unbranched alkanes of at least 4 members (excludes halogenated alkanes) is 8. The molecule has 1 rings (SSSR count). The maximum Gasteiger partial charge on any atom is 0.271 e. The summed E-state index contributed by atoms with van der Waals surface area (Å²) in [4.78, 5) is 22.0. The Balaban J connectivity index is 2.11. The van der Waals surface area contributed by atoms with Crippen LogP contribution in [0, 0.1) is 10.1 Å². The number of carbonyl (C=O) groups is 1. The topological polar surface area (TPSA) is 72.2 Å². The Hall–Kier alpha value is -1.91. The van der Waals surface area contributed by atoms with Crippen molar-refractivity contribution in [3.8, 4) is 0 Å². The maximum absolute atomic E-state index is 11.8. The number of amides is 1. The van der Waals surface area contributed by atoms with Crippen LogP contribution in [0.1, 0.15) is 71.1 Å². The smallest absolute Gasteiger partial charge is 0.271 e. The molecule has 1 aromatic rings. The Labute approximate surface area is 138 Å². The molecule has 0 unspecified atom stereocenters. The molecule has 128 valence electrons. The average molecular weight is 320 g/mol. The summed E-state index contributed by atoms with van der Waals surface area (Å²) in [6.45, 7) is 2.22. The number of non-ortho nitro benzene ring substituents is 1. The molecule has 0 saturated heterocycles. The molecule has 0 heterocycles. The number of benzene rings is 1. The predicted octanol–water partition coefficient (Wildman–Crippen LogP) is 5.45. The molecule has 1 amide bonds. The van der Waals surface area contributed by atoms with E-state index in [4.69, 9.17) is 0 Å². The molecule has 0 bridgehead atoms. The largest absolute Gasteiger partial charge is 0.326 e. The summed E-state index contributed by atoms with van der Waals surface area (Å²) < 4.78 is 0. The number of carbonyl (C=O) groups excluding carboxylic acids is 1. The quantitative estimate of drug-likeness (QED) is 0.316. The fourth-order valence-electron chi connectivity index (χ4n) is 2.52. The lowest BCUT2D eigenvalue weighted by molar-refractivity contribution is -0.384. The number of rotatable bonds is 12. The monoisotopic (exact) mass is 320 g/mol. The van der Waals surface area contributed by atoms with Gasteiger partial charge in [-0.15, -0.1) is 0 Å². The molecule has 0 fully saturated rings. The van der Waals surface area contributed by atoms with Crippen molar-refractivity contribution in [2.24, 2.45) is 0 Å². The van der Waals surface area contributed by atoms with Gasteiger partial charge in [0.15, 0.2) is 0 Å². The van der Waals surface area contributed by atoms with E-state index in [0.717, 1.165) is 12.8 Å². The standard InChI is InChI=1S/C18H28N2O3/c1-2-3-4-5-6-7-8-9-10-14-18(21)19-16-12-11-13-17(15-16)20(22)23/h11-13,15H,2-10,14H2,1H3,(H,19,21). The molecular formula is C18H28N2O3. The molecule has 0 aliphatic carbocycles. The number of nitro benzene ring substituents is 1. The van der Waals surface area contributed by atoms with Gasteiger partial charge >= 0.3 is 0 Å². The highest BCUT2D eigenvalue weighted by atomic mass is 16.6. The zero-order valence-corrected chi connectivity index (χ0v) is 14.1. The van der Waals surface area contributed by atoms with E-state index in [2.05, 4.69) is 12.2 Å². The predicted molar refractivity (Wildman–Crippen MR) is 93.6 cm³/mol. The number of nitro groups is 1. The summed E-state index contributed by atoms with van der Waals surface area (Å²) in [5.74, 6) is -0.0755. The van der Waals surface area contributed by atoms with Crippen LogP contribution in [0.25, 0.3) is 0 Å². The Morgan fingerprint density at radius 2 is 1.65 bits per heavy atom. The molecule has 0 aliphatic rings. The van der Waals surface area contributed by atoms with Crippen molar-refractivity contribution in [1.82, 2.24) is 0 Å². The van der Waals surface area contributed by atoms with Gasteiger partial charge in [0.25, 0.3) is 5.69 Å². The van der Waals surface area contributed by atoms with Crippen LogP contribution < -0.4 is 5.32 Å². The van der Waals surface area contributed by atoms with Gasteiger partial charge in [0.1, 0.15) is 0 Å².